The molecule has 0 bridgehead atoms. The molecule has 0 radical (unpaired) electrons. The number of carbonyl (C=O) groups is 2. The number of aliphatic hydroxyl groups excluding tert-OH is 1. The second-order valence-electron chi connectivity index (χ2n) is 5.54. The topological polar surface area (TPSA) is 127 Å². The van der Waals surface area contributed by atoms with Gasteiger partial charge >= 0.3 is 0 Å². The van der Waals surface area contributed by atoms with E-state index in [-0.39, 0.29) is 11.6 Å². The van der Waals surface area contributed by atoms with Gasteiger partial charge < -0.3 is 25.2 Å². The number of H-pyrrole nitrogens is 1. The van der Waals surface area contributed by atoms with Crippen LogP contribution in [0.2, 0.25) is 0 Å². The third-order valence-corrected chi connectivity index (χ3v) is 3.96. The van der Waals surface area contributed by atoms with Crippen molar-refractivity contribution in [3.05, 3.63) is 36.7 Å². The maximum Gasteiger partial charge on any atom is 0.270 e. The molecule has 2 amide bonds. The predicted octanol–water partition coefficient (Wildman–Crippen LogP) is -1.36. The van der Waals surface area contributed by atoms with Crippen LogP contribution >= 0.6 is 0 Å². The summed E-state index contributed by atoms with van der Waals surface area (Å²) in [4.78, 5) is 43.0. The standard InChI is InChI=1S/C15H19N7O3/c23-9-12(20-13(24)11-8-16-10-19-11)14(25)21-4-6-22(7-5-21)15-17-2-1-3-18-15/h1-3,8,10,12,23H,4-7,9H2,(H,16,19)(H,20,24). The summed E-state index contributed by atoms with van der Waals surface area (Å²) in [5.74, 6) is -0.175. The van der Waals surface area contributed by atoms with Crippen molar-refractivity contribution in [3.8, 4) is 0 Å². The molecule has 3 N–H and O–H groups in total. The molecule has 1 atom stereocenters. The molecule has 10 nitrogen and oxygen atoms in total. The maximum absolute atomic E-state index is 12.6. The minimum absolute atomic E-state index is 0.234. The molecule has 1 saturated heterocycles. The van der Waals surface area contributed by atoms with Crippen LogP contribution in [0.5, 0.6) is 0 Å². The SMILES string of the molecule is O=C(NC(CO)C(=O)N1CCN(c2ncccn2)CC1)c1cnc[nH]1. The van der Waals surface area contributed by atoms with Crippen molar-refractivity contribution in [2.75, 3.05) is 37.7 Å². The van der Waals surface area contributed by atoms with Gasteiger partial charge in [-0.05, 0) is 6.07 Å². The molecule has 1 unspecified atom stereocenters. The summed E-state index contributed by atoms with van der Waals surface area (Å²) >= 11 is 0. The number of hydrogen-bond acceptors (Lipinski definition) is 7. The van der Waals surface area contributed by atoms with Gasteiger partial charge in [0.1, 0.15) is 11.7 Å². The largest absolute Gasteiger partial charge is 0.394 e. The first-order valence-corrected chi connectivity index (χ1v) is 7.90. The van der Waals surface area contributed by atoms with Crippen LogP contribution in [0.3, 0.4) is 0 Å². The van der Waals surface area contributed by atoms with Gasteiger partial charge in [0.2, 0.25) is 11.9 Å². The van der Waals surface area contributed by atoms with E-state index in [0.717, 1.165) is 0 Å². The van der Waals surface area contributed by atoms with E-state index in [9.17, 15) is 14.7 Å². The van der Waals surface area contributed by atoms with Crippen molar-refractivity contribution in [2.24, 2.45) is 0 Å². The van der Waals surface area contributed by atoms with Crippen LogP contribution in [0.25, 0.3) is 0 Å². The Balaban J connectivity index is 1.56. The first-order chi connectivity index (χ1) is 12.2. The van der Waals surface area contributed by atoms with E-state index in [4.69, 9.17) is 0 Å². The number of aliphatic hydroxyl groups is 1. The van der Waals surface area contributed by atoms with E-state index in [1.807, 2.05) is 4.90 Å². The molecule has 2 aromatic rings. The van der Waals surface area contributed by atoms with Gasteiger partial charge in [0, 0.05) is 38.6 Å². The summed E-state index contributed by atoms with van der Waals surface area (Å²) in [6.07, 6.45) is 6.07. The normalized spacial score (nSPS) is 15.7. The van der Waals surface area contributed by atoms with Gasteiger partial charge in [0.05, 0.1) is 19.1 Å². The Kier molecular flexibility index (Phi) is 5.19. The number of aromatic amines is 1. The van der Waals surface area contributed by atoms with Gasteiger partial charge in [-0.3, -0.25) is 9.59 Å². The minimum Gasteiger partial charge on any atom is -0.394 e. The molecular weight excluding hydrogens is 326 g/mol. The van der Waals surface area contributed by atoms with Crippen LogP contribution < -0.4 is 10.2 Å². The van der Waals surface area contributed by atoms with Crippen LogP contribution in [0.1, 0.15) is 10.5 Å². The number of piperazine rings is 1. The predicted molar refractivity (Wildman–Crippen MR) is 87.8 cm³/mol. The van der Waals surface area contributed by atoms with Crippen molar-refractivity contribution < 1.29 is 14.7 Å². The zero-order valence-corrected chi connectivity index (χ0v) is 13.5. The summed E-state index contributed by atoms with van der Waals surface area (Å²) in [6, 6.07) is 0.757. The average Bonchev–Trinajstić information content (AvgIpc) is 3.21. The van der Waals surface area contributed by atoms with Gasteiger partial charge in [0.25, 0.3) is 5.91 Å². The second-order valence-corrected chi connectivity index (χ2v) is 5.54. The van der Waals surface area contributed by atoms with Gasteiger partial charge in [-0.25, -0.2) is 15.0 Å². The van der Waals surface area contributed by atoms with Crippen LogP contribution in [0.15, 0.2) is 31.0 Å². The zero-order chi connectivity index (χ0) is 17.6. The monoisotopic (exact) mass is 345 g/mol. The lowest BCUT2D eigenvalue weighted by Crippen LogP contribution is -2.56. The molecule has 1 fully saturated rings. The third-order valence-electron chi connectivity index (χ3n) is 3.96. The van der Waals surface area contributed by atoms with Crippen LogP contribution in [0.4, 0.5) is 5.95 Å². The molecular formula is C15H19N7O3. The fraction of sp³-hybridized carbons (Fsp3) is 0.400. The molecule has 0 aliphatic carbocycles. The van der Waals surface area contributed by atoms with E-state index in [1.165, 1.54) is 12.5 Å². The number of nitrogens with zero attached hydrogens (tertiary/aromatic N) is 5. The number of carbonyl (C=O) groups excluding carboxylic acids is 2. The minimum atomic E-state index is -0.990. The number of anilines is 1. The maximum atomic E-state index is 12.6. The molecule has 3 rings (SSSR count). The Morgan fingerprint density at radius 3 is 2.56 bits per heavy atom. The first kappa shape index (κ1) is 16.8. The molecule has 3 heterocycles. The Bertz CT molecular complexity index is 699. The number of amides is 2. The fourth-order valence-electron chi connectivity index (χ4n) is 2.60. The van der Waals surface area contributed by atoms with Crippen LogP contribution in [-0.4, -0.2) is 80.6 Å². The van der Waals surface area contributed by atoms with Crippen molar-refractivity contribution in [3.63, 3.8) is 0 Å². The quantitative estimate of drug-likeness (QED) is 0.611. The fourth-order valence-corrected chi connectivity index (χ4v) is 2.60. The van der Waals surface area contributed by atoms with E-state index < -0.39 is 18.6 Å². The molecule has 1 aliphatic rings. The zero-order valence-electron chi connectivity index (χ0n) is 13.5. The van der Waals surface area contributed by atoms with Crippen molar-refractivity contribution >= 4 is 17.8 Å². The number of aromatic nitrogens is 4. The number of hydrogen-bond donors (Lipinski definition) is 3. The smallest absolute Gasteiger partial charge is 0.270 e. The second kappa shape index (κ2) is 7.71. The highest BCUT2D eigenvalue weighted by molar-refractivity contribution is 5.96. The van der Waals surface area contributed by atoms with Crippen molar-refractivity contribution in [2.45, 2.75) is 6.04 Å². The highest BCUT2D eigenvalue weighted by atomic mass is 16.3. The van der Waals surface area contributed by atoms with Gasteiger partial charge in [0.15, 0.2) is 0 Å². The number of rotatable bonds is 5. The Labute approximate surface area is 143 Å². The molecule has 0 saturated carbocycles. The van der Waals surface area contributed by atoms with E-state index in [0.29, 0.717) is 32.1 Å². The van der Waals surface area contributed by atoms with Gasteiger partial charge in [-0.2, -0.15) is 0 Å². The Morgan fingerprint density at radius 2 is 1.96 bits per heavy atom. The summed E-state index contributed by atoms with van der Waals surface area (Å²) in [7, 11) is 0. The highest BCUT2D eigenvalue weighted by Gasteiger charge is 2.29. The summed E-state index contributed by atoms with van der Waals surface area (Å²) in [6.45, 7) is 1.63. The molecule has 25 heavy (non-hydrogen) atoms. The van der Waals surface area contributed by atoms with E-state index in [1.54, 1.807) is 23.4 Å². The van der Waals surface area contributed by atoms with Crippen LogP contribution in [-0.2, 0) is 4.79 Å². The molecule has 132 valence electrons. The first-order valence-electron chi connectivity index (χ1n) is 7.90. The lowest BCUT2D eigenvalue weighted by Gasteiger charge is -2.36. The van der Waals surface area contributed by atoms with Crippen molar-refractivity contribution in [1.82, 2.24) is 30.2 Å². The average molecular weight is 345 g/mol. The van der Waals surface area contributed by atoms with Crippen molar-refractivity contribution in [1.29, 1.82) is 0 Å². The lowest BCUT2D eigenvalue weighted by atomic mass is 10.2. The third kappa shape index (κ3) is 3.91. The van der Waals surface area contributed by atoms with E-state index in [2.05, 4.69) is 25.3 Å². The Morgan fingerprint density at radius 1 is 1.24 bits per heavy atom. The van der Waals surface area contributed by atoms with Crippen LogP contribution in [0, 0.1) is 0 Å². The summed E-state index contributed by atoms with van der Waals surface area (Å²) in [5.41, 5.74) is 0.234. The van der Waals surface area contributed by atoms with E-state index >= 15 is 0 Å². The van der Waals surface area contributed by atoms with Gasteiger partial charge in [-0.15, -0.1) is 0 Å². The molecule has 10 heteroatoms. The lowest BCUT2D eigenvalue weighted by molar-refractivity contribution is -0.134. The molecule has 1 aliphatic heterocycles. The molecule has 0 spiro atoms. The summed E-state index contributed by atoms with van der Waals surface area (Å²) < 4.78 is 0. The number of nitrogens with one attached hydrogen (secondary N) is 2. The number of imidazole rings is 1. The molecule has 0 aromatic carbocycles. The Hall–Kier alpha value is -3.01. The highest BCUT2D eigenvalue weighted by Crippen LogP contribution is 2.10. The summed E-state index contributed by atoms with van der Waals surface area (Å²) in [5, 5.41) is 12.0. The molecule has 2 aromatic heterocycles. The van der Waals surface area contributed by atoms with Gasteiger partial charge in [-0.1, -0.05) is 0 Å².